The summed E-state index contributed by atoms with van der Waals surface area (Å²) < 4.78 is 0. The van der Waals surface area contributed by atoms with Crippen molar-refractivity contribution >= 4 is 5.71 Å². The Balaban J connectivity index is 1.36. The highest BCUT2D eigenvalue weighted by Gasteiger charge is 2.61. The maximum atomic E-state index is 10.7. The van der Waals surface area contributed by atoms with Gasteiger partial charge >= 0.3 is 0 Å². The Bertz CT molecular complexity index is 645. The highest BCUT2D eigenvalue weighted by molar-refractivity contribution is 5.87. The zero-order chi connectivity index (χ0) is 20.2. The van der Waals surface area contributed by atoms with E-state index in [1.165, 1.54) is 50.7 Å². The lowest BCUT2D eigenvalue weighted by molar-refractivity contribution is -0.121. The number of aliphatic hydroxyl groups excluding tert-OH is 1. The van der Waals surface area contributed by atoms with Crippen molar-refractivity contribution in [2.24, 2.45) is 45.6 Å². The molecule has 5 fully saturated rings. The summed E-state index contributed by atoms with van der Waals surface area (Å²) in [4.78, 5) is 5.97. The van der Waals surface area contributed by atoms with Crippen LogP contribution in [0.3, 0.4) is 0 Å². The van der Waals surface area contributed by atoms with Gasteiger partial charge in [0.1, 0.15) is 6.10 Å². The molecule has 2 N–H and O–H groups in total. The number of nitrogens with zero attached hydrogens (tertiary/aromatic N) is 1. The fraction of sp³-hybridized carbons (Fsp3) is 0.960. The summed E-state index contributed by atoms with van der Waals surface area (Å²) in [6.45, 7) is 9.40. The number of rotatable bonds is 3. The summed E-state index contributed by atoms with van der Waals surface area (Å²) in [7, 11) is 0. The van der Waals surface area contributed by atoms with Gasteiger partial charge in [-0.2, -0.15) is 0 Å². The molecule has 0 aromatic rings. The quantitative estimate of drug-likeness (QED) is 0.669. The van der Waals surface area contributed by atoms with Crippen LogP contribution in [0.25, 0.3) is 0 Å². The molecule has 0 bridgehead atoms. The van der Waals surface area contributed by atoms with Gasteiger partial charge in [-0.15, -0.1) is 0 Å². The first-order chi connectivity index (χ1) is 14.0. The van der Waals surface area contributed by atoms with Crippen LogP contribution in [0.1, 0.15) is 85.0 Å². The lowest BCUT2D eigenvalue weighted by Crippen LogP contribution is -2.56. The smallest absolute Gasteiger partial charge is 0.141 e. The Morgan fingerprint density at radius 1 is 1.00 bits per heavy atom. The minimum Gasteiger partial charge on any atom is -0.393 e. The first-order valence-corrected chi connectivity index (χ1v) is 12.6. The van der Waals surface area contributed by atoms with E-state index in [0.29, 0.717) is 11.3 Å². The maximum absolute atomic E-state index is 10.7. The third-order valence-corrected chi connectivity index (χ3v) is 10.5. The summed E-state index contributed by atoms with van der Waals surface area (Å²) in [5.41, 5.74) is 2.00. The van der Waals surface area contributed by atoms with Crippen LogP contribution in [0.2, 0.25) is 0 Å². The number of hydrogen-bond donors (Lipinski definition) is 2. The molecule has 4 heteroatoms. The fourth-order valence-electron chi connectivity index (χ4n) is 8.80. The number of hydrogen-bond acceptors (Lipinski definition) is 4. The monoisotopic (exact) mass is 402 g/mol. The van der Waals surface area contributed by atoms with Gasteiger partial charge in [0.15, 0.2) is 0 Å². The zero-order valence-electron chi connectivity index (χ0n) is 18.8. The molecule has 4 aliphatic carbocycles. The van der Waals surface area contributed by atoms with Crippen molar-refractivity contribution in [1.29, 1.82) is 0 Å². The molecule has 29 heavy (non-hydrogen) atoms. The number of oxime groups is 1. The van der Waals surface area contributed by atoms with Gasteiger partial charge in [0.25, 0.3) is 0 Å². The Morgan fingerprint density at radius 3 is 2.55 bits per heavy atom. The van der Waals surface area contributed by atoms with Gasteiger partial charge in [0, 0.05) is 18.9 Å². The maximum Gasteiger partial charge on any atom is 0.141 e. The van der Waals surface area contributed by atoms with E-state index in [1.807, 2.05) is 0 Å². The van der Waals surface area contributed by atoms with Crippen molar-refractivity contribution < 1.29 is 9.94 Å². The van der Waals surface area contributed by atoms with Crippen molar-refractivity contribution in [2.75, 3.05) is 13.1 Å². The molecular formula is C25H42N2O2. The van der Waals surface area contributed by atoms with Gasteiger partial charge in [0.05, 0.1) is 11.8 Å². The molecule has 5 aliphatic rings. The van der Waals surface area contributed by atoms with Crippen LogP contribution >= 0.6 is 0 Å². The fourth-order valence-corrected chi connectivity index (χ4v) is 8.80. The molecule has 4 saturated carbocycles. The van der Waals surface area contributed by atoms with Crippen molar-refractivity contribution in [3.63, 3.8) is 0 Å². The van der Waals surface area contributed by atoms with Crippen molar-refractivity contribution in [2.45, 2.75) is 97.2 Å². The average molecular weight is 403 g/mol. The molecule has 0 aromatic carbocycles. The summed E-state index contributed by atoms with van der Waals surface area (Å²) in [5, 5.41) is 18.8. The molecule has 1 heterocycles. The lowest BCUT2D eigenvalue weighted by Gasteiger charge is -2.61. The van der Waals surface area contributed by atoms with Crippen LogP contribution in [0.15, 0.2) is 5.16 Å². The minimum absolute atomic E-state index is 0.0605. The Hall–Kier alpha value is -0.610. The highest BCUT2D eigenvalue weighted by Crippen LogP contribution is 2.66. The second-order valence-corrected chi connectivity index (χ2v) is 11.5. The Morgan fingerprint density at radius 2 is 1.79 bits per heavy atom. The van der Waals surface area contributed by atoms with Crippen LogP contribution in [0.5, 0.6) is 0 Å². The SMILES string of the molecule is CC[C@@H]1/C(=N/O[C@@H]2CCNC2)CC[C@@]2(C)C1CC[C@H]1[C@@H]3CC[C@@H](O)[C@@]3(C)CC[C@@H]12. The summed E-state index contributed by atoms with van der Waals surface area (Å²) in [6, 6.07) is 0. The van der Waals surface area contributed by atoms with E-state index >= 15 is 0 Å². The standard InChI is InChI=1S/C25H42N2O2/c1-4-17-19-6-5-18-20-7-8-23(28)25(20,3)12-9-21(18)24(19,2)13-10-22(17)27-29-16-11-14-26-15-16/h16-21,23,26,28H,4-15H2,1-3H3/b27-22+/t16-,17+,18+,19?,20+,21+,23-,24+,25+/m1/s1. The van der Waals surface area contributed by atoms with Crippen LogP contribution in [-0.2, 0) is 4.84 Å². The molecule has 0 aromatic heterocycles. The molecule has 1 saturated heterocycles. The van der Waals surface area contributed by atoms with E-state index in [1.54, 1.807) is 0 Å². The largest absolute Gasteiger partial charge is 0.393 e. The predicted molar refractivity (Wildman–Crippen MR) is 117 cm³/mol. The van der Waals surface area contributed by atoms with E-state index in [2.05, 4.69) is 26.1 Å². The molecule has 0 spiro atoms. The molecule has 1 unspecified atom stereocenters. The van der Waals surface area contributed by atoms with Gasteiger partial charge < -0.3 is 15.3 Å². The van der Waals surface area contributed by atoms with E-state index in [4.69, 9.17) is 9.99 Å². The molecular weight excluding hydrogens is 360 g/mol. The van der Waals surface area contributed by atoms with Crippen molar-refractivity contribution in [3.8, 4) is 0 Å². The number of nitrogens with one attached hydrogen (secondary N) is 1. The Kier molecular flexibility index (Phi) is 5.26. The molecule has 1 aliphatic heterocycles. The molecule has 0 radical (unpaired) electrons. The Labute approximate surface area is 177 Å². The number of aliphatic hydroxyl groups is 1. The van der Waals surface area contributed by atoms with E-state index in [0.717, 1.165) is 56.0 Å². The van der Waals surface area contributed by atoms with Crippen molar-refractivity contribution in [1.82, 2.24) is 5.32 Å². The average Bonchev–Trinajstić information content (AvgIpc) is 3.34. The first kappa shape index (κ1) is 20.3. The zero-order valence-corrected chi connectivity index (χ0v) is 18.8. The highest BCUT2D eigenvalue weighted by atomic mass is 16.6. The molecule has 4 nitrogen and oxygen atoms in total. The van der Waals surface area contributed by atoms with Gasteiger partial charge in [-0.25, -0.2) is 0 Å². The topological polar surface area (TPSA) is 53.8 Å². The van der Waals surface area contributed by atoms with Crippen LogP contribution in [0, 0.1) is 40.4 Å². The van der Waals surface area contributed by atoms with Crippen molar-refractivity contribution in [3.05, 3.63) is 0 Å². The molecule has 164 valence electrons. The summed E-state index contributed by atoms with van der Waals surface area (Å²) in [5.74, 6) is 3.81. The second-order valence-electron chi connectivity index (χ2n) is 11.5. The normalized spacial score (nSPS) is 53.4. The minimum atomic E-state index is -0.0605. The first-order valence-electron chi connectivity index (χ1n) is 12.6. The van der Waals surface area contributed by atoms with E-state index in [-0.39, 0.29) is 17.6 Å². The van der Waals surface area contributed by atoms with Crippen LogP contribution < -0.4 is 5.32 Å². The summed E-state index contributed by atoms with van der Waals surface area (Å²) >= 11 is 0. The van der Waals surface area contributed by atoms with Gasteiger partial charge in [-0.3, -0.25) is 0 Å². The van der Waals surface area contributed by atoms with E-state index in [9.17, 15) is 5.11 Å². The third kappa shape index (κ3) is 3.11. The predicted octanol–water partition coefficient (Wildman–Crippen LogP) is 4.76. The summed E-state index contributed by atoms with van der Waals surface area (Å²) in [6.07, 6.45) is 12.5. The molecule has 9 atom stereocenters. The van der Waals surface area contributed by atoms with Gasteiger partial charge in [-0.05, 0) is 98.8 Å². The number of fused-ring (bicyclic) bond motifs is 5. The van der Waals surface area contributed by atoms with E-state index < -0.39 is 0 Å². The van der Waals surface area contributed by atoms with Crippen LogP contribution in [-0.4, -0.2) is 36.1 Å². The van der Waals surface area contributed by atoms with Gasteiger partial charge in [0.2, 0.25) is 0 Å². The lowest BCUT2D eigenvalue weighted by atomic mass is 9.43. The van der Waals surface area contributed by atoms with Crippen LogP contribution in [0.4, 0.5) is 0 Å². The van der Waals surface area contributed by atoms with Gasteiger partial charge in [-0.1, -0.05) is 25.9 Å². The molecule has 5 rings (SSSR count). The third-order valence-electron chi connectivity index (χ3n) is 10.5. The second kappa shape index (κ2) is 7.51. The molecule has 0 amide bonds.